The van der Waals surface area contributed by atoms with E-state index in [-0.39, 0.29) is 31.1 Å². The quantitative estimate of drug-likeness (QED) is 0.601. The van der Waals surface area contributed by atoms with Crippen molar-refractivity contribution >= 4 is 17.8 Å². The molecule has 0 aliphatic carbocycles. The molecule has 0 fully saturated rings. The smallest absolute Gasteiger partial charge is 0.306 e. The van der Waals surface area contributed by atoms with Crippen LogP contribution in [0.15, 0.2) is 0 Å². The van der Waals surface area contributed by atoms with Crippen LogP contribution in [0.1, 0.15) is 39.5 Å². The third-order valence-electron chi connectivity index (χ3n) is 2.49. The largest absolute Gasteiger partial charge is 0.481 e. The lowest BCUT2D eigenvalue weighted by atomic mass is 10.0. The second-order valence-corrected chi connectivity index (χ2v) is 3.98. The number of rotatable bonds is 9. The van der Waals surface area contributed by atoms with Gasteiger partial charge >= 0.3 is 11.9 Å². The number of nitrogens with one attached hydrogen (secondary N) is 1. The Balaban J connectivity index is 3.80. The van der Waals surface area contributed by atoms with E-state index in [1.807, 2.05) is 6.92 Å². The van der Waals surface area contributed by atoms with Crippen LogP contribution in [0.3, 0.4) is 0 Å². The Hall–Kier alpha value is -1.59. The first-order chi connectivity index (χ1) is 8.49. The highest BCUT2D eigenvalue weighted by Gasteiger charge is 2.13. The molecule has 2 N–H and O–H groups in total. The molecule has 1 unspecified atom stereocenters. The normalized spacial score (nSPS) is 11.7. The lowest BCUT2D eigenvalue weighted by Gasteiger charge is -2.13. The number of hydrogen-bond acceptors (Lipinski definition) is 4. The summed E-state index contributed by atoms with van der Waals surface area (Å²) in [5, 5.41) is 11.3. The molecular formula is C12H21NO5. The van der Waals surface area contributed by atoms with Crippen molar-refractivity contribution in [3.05, 3.63) is 0 Å². The standard InChI is InChI=1S/C12H21NO5/c1-3-9(7-11(15)16)8-13-10(14)5-6-12(17)18-4-2/h9H,3-8H2,1-2H3,(H,13,14)(H,15,16). The first-order valence-corrected chi connectivity index (χ1v) is 6.13. The maximum atomic E-state index is 11.4. The minimum absolute atomic E-state index is 0.0364. The van der Waals surface area contributed by atoms with E-state index in [0.717, 1.165) is 0 Å². The number of hydrogen-bond donors (Lipinski definition) is 2. The number of amides is 1. The summed E-state index contributed by atoms with van der Waals surface area (Å²) >= 11 is 0. The number of esters is 1. The molecule has 18 heavy (non-hydrogen) atoms. The van der Waals surface area contributed by atoms with Crippen LogP contribution in [0, 0.1) is 5.92 Å². The molecule has 6 heteroatoms. The average Bonchev–Trinajstić information content (AvgIpc) is 2.31. The molecule has 6 nitrogen and oxygen atoms in total. The van der Waals surface area contributed by atoms with Crippen LogP contribution < -0.4 is 5.32 Å². The number of carboxylic acids is 1. The lowest BCUT2D eigenvalue weighted by Crippen LogP contribution is -2.30. The predicted octanol–water partition coefficient (Wildman–Crippen LogP) is 0.947. The van der Waals surface area contributed by atoms with E-state index in [0.29, 0.717) is 19.6 Å². The van der Waals surface area contributed by atoms with Crippen LogP contribution in [0.4, 0.5) is 0 Å². The summed E-state index contributed by atoms with van der Waals surface area (Å²) in [5.41, 5.74) is 0. The van der Waals surface area contributed by atoms with Gasteiger partial charge in [-0.05, 0) is 12.8 Å². The van der Waals surface area contributed by atoms with E-state index in [9.17, 15) is 14.4 Å². The van der Waals surface area contributed by atoms with Crippen molar-refractivity contribution < 1.29 is 24.2 Å². The summed E-state index contributed by atoms with van der Waals surface area (Å²) in [7, 11) is 0. The average molecular weight is 259 g/mol. The summed E-state index contributed by atoms with van der Waals surface area (Å²) in [6.07, 6.45) is 0.844. The Morgan fingerprint density at radius 1 is 1.22 bits per heavy atom. The van der Waals surface area contributed by atoms with Crippen LogP contribution >= 0.6 is 0 Å². The molecule has 1 atom stereocenters. The Morgan fingerprint density at radius 3 is 2.39 bits per heavy atom. The molecule has 1 amide bonds. The van der Waals surface area contributed by atoms with Gasteiger partial charge in [0.15, 0.2) is 0 Å². The molecule has 0 aliphatic heterocycles. The van der Waals surface area contributed by atoms with Crippen LogP contribution in [-0.2, 0) is 19.1 Å². The van der Waals surface area contributed by atoms with E-state index >= 15 is 0 Å². The molecule has 0 bridgehead atoms. The molecule has 0 heterocycles. The summed E-state index contributed by atoms with van der Waals surface area (Å²) in [5.74, 6) is -1.60. The van der Waals surface area contributed by atoms with Crippen molar-refractivity contribution in [2.75, 3.05) is 13.2 Å². The van der Waals surface area contributed by atoms with Crippen LogP contribution in [0.2, 0.25) is 0 Å². The zero-order chi connectivity index (χ0) is 14.0. The Kier molecular flexibility index (Phi) is 8.61. The molecule has 0 aromatic heterocycles. The first kappa shape index (κ1) is 16.4. The van der Waals surface area contributed by atoms with Gasteiger partial charge in [-0.15, -0.1) is 0 Å². The fourth-order valence-corrected chi connectivity index (χ4v) is 1.40. The van der Waals surface area contributed by atoms with Gasteiger partial charge in [-0.3, -0.25) is 14.4 Å². The summed E-state index contributed by atoms with van der Waals surface area (Å²) in [6.45, 7) is 4.20. The summed E-state index contributed by atoms with van der Waals surface area (Å²) in [6, 6.07) is 0. The van der Waals surface area contributed by atoms with Gasteiger partial charge in [0, 0.05) is 19.4 Å². The summed E-state index contributed by atoms with van der Waals surface area (Å²) < 4.78 is 4.70. The van der Waals surface area contributed by atoms with Gasteiger partial charge < -0.3 is 15.2 Å². The molecule has 0 aliphatic rings. The molecule has 0 saturated carbocycles. The van der Waals surface area contributed by atoms with Gasteiger partial charge in [-0.2, -0.15) is 0 Å². The second kappa shape index (κ2) is 9.44. The molecule has 0 rings (SSSR count). The number of carbonyl (C=O) groups is 3. The fraction of sp³-hybridized carbons (Fsp3) is 0.750. The van der Waals surface area contributed by atoms with Crippen molar-refractivity contribution in [3.63, 3.8) is 0 Å². The number of aliphatic carboxylic acids is 1. The second-order valence-electron chi connectivity index (χ2n) is 3.98. The monoisotopic (exact) mass is 259 g/mol. The number of ether oxygens (including phenoxy) is 1. The van der Waals surface area contributed by atoms with E-state index in [4.69, 9.17) is 9.84 Å². The fourth-order valence-electron chi connectivity index (χ4n) is 1.40. The van der Waals surface area contributed by atoms with Gasteiger partial charge in [0.25, 0.3) is 0 Å². The zero-order valence-corrected chi connectivity index (χ0v) is 10.9. The third kappa shape index (κ3) is 8.55. The van der Waals surface area contributed by atoms with Crippen LogP contribution in [0.5, 0.6) is 0 Å². The van der Waals surface area contributed by atoms with Gasteiger partial charge in [-0.25, -0.2) is 0 Å². The van der Waals surface area contributed by atoms with Gasteiger partial charge in [0.2, 0.25) is 5.91 Å². The zero-order valence-electron chi connectivity index (χ0n) is 10.9. The van der Waals surface area contributed by atoms with Crippen LogP contribution in [-0.4, -0.2) is 36.1 Å². The first-order valence-electron chi connectivity index (χ1n) is 6.13. The molecule has 0 spiro atoms. The minimum atomic E-state index is -0.873. The number of carboxylic acid groups (broad SMARTS) is 1. The molecule has 0 radical (unpaired) electrons. The SMILES string of the molecule is CCOC(=O)CCC(=O)NCC(CC)CC(=O)O. The number of carbonyl (C=O) groups excluding carboxylic acids is 2. The molecule has 104 valence electrons. The topological polar surface area (TPSA) is 92.7 Å². The maximum Gasteiger partial charge on any atom is 0.306 e. The highest BCUT2D eigenvalue weighted by atomic mass is 16.5. The molecule has 0 saturated heterocycles. The Labute approximate surface area is 107 Å². The Morgan fingerprint density at radius 2 is 1.89 bits per heavy atom. The van der Waals surface area contributed by atoms with Crippen molar-refractivity contribution in [1.82, 2.24) is 5.32 Å². The highest BCUT2D eigenvalue weighted by molar-refractivity contribution is 5.81. The van der Waals surface area contributed by atoms with Crippen molar-refractivity contribution in [2.45, 2.75) is 39.5 Å². The van der Waals surface area contributed by atoms with Gasteiger partial charge in [0.1, 0.15) is 0 Å². The van der Waals surface area contributed by atoms with Gasteiger partial charge in [0.05, 0.1) is 13.0 Å². The van der Waals surface area contributed by atoms with E-state index in [2.05, 4.69) is 5.32 Å². The van der Waals surface area contributed by atoms with Crippen molar-refractivity contribution in [1.29, 1.82) is 0 Å². The van der Waals surface area contributed by atoms with Crippen LogP contribution in [0.25, 0.3) is 0 Å². The third-order valence-corrected chi connectivity index (χ3v) is 2.49. The minimum Gasteiger partial charge on any atom is -0.481 e. The summed E-state index contributed by atoms with van der Waals surface area (Å²) in [4.78, 5) is 32.9. The van der Waals surface area contributed by atoms with E-state index in [1.54, 1.807) is 6.92 Å². The molecular weight excluding hydrogens is 238 g/mol. The maximum absolute atomic E-state index is 11.4. The predicted molar refractivity (Wildman–Crippen MR) is 64.9 cm³/mol. The lowest BCUT2D eigenvalue weighted by molar-refractivity contribution is -0.144. The molecule has 0 aromatic rings. The van der Waals surface area contributed by atoms with Crippen molar-refractivity contribution in [3.8, 4) is 0 Å². The highest BCUT2D eigenvalue weighted by Crippen LogP contribution is 2.06. The van der Waals surface area contributed by atoms with E-state index < -0.39 is 11.9 Å². The van der Waals surface area contributed by atoms with Gasteiger partial charge in [-0.1, -0.05) is 13.3 Å². The van der Waals surface area contributed by atoms with E-state index in [1.165, 1.54) is 0 Å². The van der Waals surface area contributed by atoms with Crippen molar-refractivity contribution in [2.24, 2.45) is 5.92 Å². The Bertz CT molecular complexity index is 290. The molecule has 0 aromatic carbocycles.